The Morgan fingerprint density at radius 2 is 1.64 bits per heavy atom. The van der Waals surface area contributed by atoms with Crippen LogP contribution in [0, 0.1) is 5.82 Å². The molecule has 1 amide bonds. The smallest absolute Gasteiger partial charge is 0.229 e. The first kappa shape index (κ1) is 25.6. The second-order valence-electron chi connectivity index (χ2n) is 7.99. The molecule has 0 atom stereocenters. The molecule has 0 aliphatic rings. The summed E-state index contributed by atoms with van der Waals surface area (Å²) < 4.78 is 50.1. The number of nitrogens with zero attached hydrogens (tertiary/aromatic N) is 2. The van der Waals surface area contributed by atoms with Crippen molar-refractivity contribution in [3.63, 3.8) is 0 Å². The molecule has 36 heavy (non-hydrogen) atoms. The van der Waals surface area contributed by atoms with Gasteiger partial charge in [0.25, 0.3) is 0 Å². The lowest BCUT2D eigenvalue weighted by Crippen LogP contribution is -2.30. The van der Waals surface area contributed by atoms with Gasteiger partial charge in [-0.25, -0.2) is 17.8 Å². The number of carbonyl (C=O) groups is 1. The fourth-order valence-corrected chi connectivity index (χ4v) is 6.13. The predicted molar refractivity (Wildman–Crippen MR) is 138 cm³/mol. The molecule has 7 nitrogen and oxygen atoms in total. The third-order valence-corrected chi connectivity index (χ3v) is 8.50. The lowest BCUT2D eigenvalue weighted by molar-refractivity contribution is -0.118. The van der Waals surface area contributed by atoms with Crippen LogP contribution in [0.1, 0.15) is 18.4 Å². The van der Waals surface area contributed by atoms with E-state index in [2.05, 4.69) is 4.98 Å². The van der Waals surface area contributed by atoms with Crippen LogP contribution in [0.5, 0.6) is 11.5 Å². The number of ether oxygens (including phenoxy) is 2. The molecule has 3 aromatic carbocycles. The second kappa shape index (κ2) is 11.0. The second-order valence-corrected chi connectivity index (χ2v) is 11.1. The third-order valence-electron chi connectivity index (χ3n) is 5.59. The fourth-order valence-electron chi connectivity index (χ4n) is 3.73. The Morgan fingerprint density at radius 3 is 2.31 bits per heavy atom. The maximum absolute atomic E-state index is 13.4. The molecule has 10 heteroatoms. The molecule has 0 aliphatic carbocycles. The molecule has 0 bridgehead atoms. The maximum Gasteiger partial charge on any atom is 0.229 e. The minimum absolute atomic E-state index is 0.00253. The quantitative estimate of drug-likeness (QED) is 0.262. The first-order valence-electron chi connectivity index (χ1n) is 11.2. The van der Waals surface area contributed by atoms with Gasteiger partial charge in [-0.15, -0.1) is 0 Å². The first-order valence-corrected chi connectivity index (χ1v) is 13.6. The molecule has 1 aromatic heterocycles. The Morgan fingerprint density at radius 1 is 0.972 bits per heavy atom. The number of hydrogen-bond donors (Lipinski definition) is 0. The number of amides is 1. The number of hydrogen-bond acceptors (Lipinski definition) is 7. The molecular weight excluding hydrogens is 503 g/mol. The van der Waals surface area contributed by atoms with Crippen molar-refractivity contribution in [2.24, 2.45) is 0 Å². The average molecular weight is 529 g/mol. The summed E-state index contributed by atoms with van der Waals surface area (Å²) in [5.41, 5.74) is 1.49. The van der Waals surface area contributed by atoms with Gasteiger partial charge in [0, 0.05) is 6.42 Å². The number of sulfone groups is 1. The van der Waals surface area contributed by atoms with Crippen molar-refractivity contribution >= 4 is 42.4 Å². The van der Waals surface area contributed by atoms with Crippen LogP contribution in [0.25, 0.3) is 10.2 Å². The van der Waals surface area contributed by atoms with Gasteiger partial charge in [0.1, 0.15) is 27.5 Å². The molecule has 4 aromatic rings. The van der Waals surface area contributed by atoms with Crippen LogP contribution < -0.4 is 14.4 Å². The summed E-state index contributed by atoms with van der Waals surface area (Å²) in [5.74, 6) is 0.179. The van der Waals surface area contributed by atoms with E-state index in [1.54, 1.807) is 31.3 Å². The van der Waals surface area contributed by atoms with Crippen molar-refractivity contribution < 1.29 is 27.1 Å². The molecule has 0 saturated carbocycles. The molecule has 0 aliphatic heterocycles. The Hall–Kier alpha value is -3.50. The van der Waals surface area contributed by atoms with Crippen LogP contribution >= 0.6 is 11.3 Å². The molecule has 4 rings (SSSR count). The summed E-state index contributed by atoms with van der Waals surface area (Å²) in [7, 11) is -0.529. The van der Waals surface area contributed by atoms with Crippen LogP contribution in [0.15, 0.2) is 71.6 Å². The van der Waals surface area contributed by atoms with E-state index in [4.69, 9.17) is 9.47 Å². The van der Waals surface area contributed by atoms with Gasteiger partial charge in [-0.05, 0) is 48.4 Å². The van der Waals surface area contributed by atoms with E-state index in [0.29, 0.717) is 22.1 Å². The van der Waals surface area contributed by atoms with Gasteiger partial charge in [0.05, 0.1) is 31.4 Å². The minimum atomic E-state index is -3.64. The Kier molecular flexibility index (Phi) is 7.85. The monoisotopic (exact) mass is 528 g/mol. The largest absolute Gasteiger partial charge is 0.495 e. The highest BCUT2D eigenvalue weighted by molar-refractivity contribution is 7.91. The number of methoxy groups -OCH3 is 2. The van der Waals surface area contributed by atoms with Crippen molar-refractivity contribution in [1.82, 2.24) is 4.98 Å². The molecule has 0 saturated heterocycles. The average Bonchev–Trinajstić information content (AvgIpc) is 3.32. The number of rotatable bonds is 10. The van der Waals surface area contributed by atoms with Gasteiger partial charge < -0.3 is 9.47 Å². The summed E-state index contributed by atoms with van der Waals surface area (Å²) >= 11 is 1.31. The Labute approximate surface area is 213 Å². The summed E-state index contributed by atoms with van der Waals surface area (Å²) in [6.45, 7) is 0.273. The van der Waals surface area contributed by atoms with Gasteiger partial charge in [0.2, 0.25) is 5.91 Å². The Balaban J connectivity index is 1.59. The van der Waals surface area contributed by atoms with E-state index in [9.17, 15) is 17.6 Å². The van der Waals surface area contributed by atoms with Crippen molar-refractivity contribution in [1.29, 1.82) is 0 Å². The number of carbonyl (C=O) groups excluding carboxylic acids is 1. The molecule has 1 heterocycles. The van der Waals surface area contributed by atoms with Crippen LogP contribution in [-0.4, -0.2) is 39.3 Å². The highest BCUT2D eigenvalue weighted by Gasteiger charge is 2.24. The van der Waals surface area contributed by atoms with Gasteiger partial charge in [-0.2, -0.15) is 0 Å². The molecule has 0 N–H and O–H groups in total. The van der Waals surface area contributed by atoms with Crippen LogP contribution in [0.4, 0.5) is 9.52 Å². The standard InChI is InChI=1S/C26H25FN2O5S2/c1-33-21-14-15-22(34-2)25-24(21)28-26(35-25)29(17-18-7-4-3-5-8-18)23(30)9-6-16-36(31,32)20-12-10-19(27)11-13-20/h3-5,7-8,10-15H,6,9,16-17H2,1-2H3. The highest BCUT2D eigenvalue weighted by Crippen LogP contribution is 2.40. The topological polar surface area (TPSA) is 85.8 Å². The van der Waals surface area contributed by atoms with E-state index in [1.165, 1.54) is 23.5 Å². The molecule has 0 spiro atoms. The summed E-state index contributed by atoms with van der Waals surface area (Å²) in [6.07, 6.45) is 0.110. The van der Waals surface area contributed by atoms with E-state index < -0.39 is 15.7 Å². The number of aromatic nitrogens is 1. The number of thiazole rings is 1. The van der Waals surface area contributed by atoms with Crippen molar-refractivity contribution in [2.75, 3.05) is 24.9 Å². The van der Waals surface area contributed by atoms with Crippen LogP contribution in [0.2, 0.25) is 0 Å². The lowest BCUT2D eigenvalue weighted by Gasteiger charge is -2.20. The van der Waals surface area contributed by atoms with Gasteiger partial charge in [0.15, 0.2) is 15.0 Å². The summed E-state index contributed by atoms with van der Waals surface area (Å²) in [6, 6.07) is 17.7. The molecule has 0 unspecified atom stereocenters. The number of anilines is 1. The molecule has 188 valence electrons. The minimum Gasteiger partial charge on any atom is -0.495 e. The van der Waals surface area contributed by atoms with Gasteiger partial charge in [-0.3, -0.25) is 9.69 Å². The zero-order valence-corrected chi connectivity index (χ0v) is 21.4. The summed E-state index contributed by atoms with van der Waals surface area (Å²) in [5, 5.41) is 0.461. The molecule has 0 radical (unpaired) electrons. The van der Waals surface area contributed by atoms with Crippen molar-refractivity contribution in [3.8, 4) is 11.5 Å². The first-order chi connectivity index (χ1) is 17.3. The lowest BCUT2D eigenvalue weighted by atomic mass is 10.2. The molecular formula is C26H25FN2O5S2. The third kappa shape index (κ3) is 5.66. The van der Waals surface area contributed by atoms with Gasteiger partial charge in [-0.1, -0.05) is 41.7 Å². The zero-order valence-electron chi connectivity index (χ0n) is 19.8. The molecule has 0 fully saturated rings. The number of fused-ring (bicyclic) bond motifs is 1. The highest BCUT2D eigenvalue weighted by atomic mass is 32.2. The number of benzene rings is 3. The Bertz CT molecular complexity index is 1410. The normalized spacial score (nSPS) is 11.4. The van der Waals surface area contributed by atoms with Crippen molar-refractivity contribution in [2.45, 2.75) is 24.3 Å². The van der Waals surface area contributed by atoms with E-state index in [1.807, 2.05) is 30.3 Å². The van der Waals surface area contributed by atoms with Crippen molar-refractivity contribution in [3.05, 3.63) is 78.1 Å². The van der Waals surface area contributed by atoms with E-state index in [0.717, 1.165) is 22.4 Å². The summed E-state index contributed by atoms with van der Waals surface area (Å²) in [4.78, 5) is 19.7. The van der Waals surface area contributed by atoms with Gasteiger partial charge >= 0.3 is 0 Å². The SMILES string of the molecule is COc1ccc(OC)c2sc(N(Cc3ccccc3)C(=O)CCCS(=O)(=O)c3ccc(F)cc3)nc12. The van der Waals surface area contributed by atoms with Crippen LogP contribution in [-0.2, 0) is 21.2 Å². The fraction of sp³-hybridized carbons (Fsp3) is 0.231. The van der Waals surface area contributed by atoms with Crippen LogP contribution in [0.3, 0.4) is 0 Å². The maximum atomic E-state index is 13.4. The van der Waals surface area contributed by atoms with E-state index >= 15 is 0 Å². The number of halogens is 1. The predicted octanol–water partition coefficient (Wildman–Crippen LogP) is 5.24. The zero-order chi connectivity index (χ0) is 25.7. The van der Waals surface area contributed by atoms with E-state index in [-0.39, 0.29) is 35.9 Å².